The minimum Gasteiger partial charge on any atom is -0.324 e. The largest absolute Gasteiger partial charge is 0.324 e. The molecular formula is C8H13N. The molecule has 0 aliphatic heterocycles. The lowest BCUT2D eigenvalue weighted by atomic mass is 10.0. The third kappa shape index (κ3) is 1.68. The molecule has 2 N–H and O–H groups in total. The maximum absolute atomic E-state index is 5.65. The van der Waals surface area contributed by atoms with Crippen LogP contribution < -0.4 is 5.73 Å². The highest BCUT2D eigenvalue weighted by Gasteiger charge is 2.00. The number of rotatable bonds is 1. The lowest BCUT2D eigenvalue weighted by molar-refractivity contribution is 0.856. The Kier molecular flexibility index (Phi) is 2.06. The van der Waals surface area contributed by atoms with E-state index in [1.807, 2.05) is 6.92 Å². The molecule has 1 atom stereocenters. The maximum atomic E-state index is 5.65. The topological polar surface area (TPSA) is 26.0 Å². The highest BCUT2D eigenvalue weighted by Crippen LogP contribution is 2.11. The van der Waals surface area contributed by atoms with Gasteiger partial charge in [-0.2, -0.15) is 0 Å². The van der Waals surface area contributed by atoms with Crippen molar-refractivity contribution in [2.24, 2.45) is 5.73 Å². The maximum Gasteiger partial charge on any atom is 0.0262 e. The molecule has 1 rings (SSSR count). The standard InChI is InChI=1S/C8H13N/c1-7(9)8-5-3-2-4-6-8/h3,5-7H,2,4,9H2,1H3/t7-/m0/s1. The fourth-order valence-electron chi connectivity index (χ4n) is 0.971. The summed E-state index contributed by atoms with van der Waals surface area (Å²) in [5, 5.41) is 0. The van der Waals surface area contributed by atoms with Crippen LogP contribution in [-0.2, 0) is 0 Å². The van der Waals surface area contributed by atoms with Gasteiger partial charge in [0.2, 0.25) is 0 Å². The molecule has 0 spiro atoms. The highest BCUT2D eigenvalue weighted by molar-refractivity contribution is 5.26. The van der Waals surface area contributed by atoms with E-state index in [1.54, 1.807) is 0 Å². The van der Waals surface area contributed by atoms with Crippen LogP contribution in [0.5, 0.6) is 0 Å². The summed E-state index contributed by atoms with van der Waals surface area (Å²) in [5.74, 6) is 0. The van der Waals surface area contributed by atoms with Crippen LogP contribution in [0.1, 0.15) is 19.8 Å². The molecule has 1 aliphatic rings. The Hall–Kier alpha value is -0.560. The minimum absolute atomic E-state index is 0.210. The zero-order valence-corrected chi connectivity index (χ0v) is 5.80. The SMILES string of the molecule is C[C@H](N)C1=CCCC=C1. The van der Waals surface area contributed by atoms with Crippen LogP contribution in [-0.4, -0.2) is 6.04 Å². The quantitative estimate of drug-likeness (QED) is 0.563. The molecule has 0 fully saturated rings. The molecular weight excluding hydrogens is 110 g/mol. The highest BCUT2D eigenvalue weighted by atomic mass is 14.6. The van der Waals surface area contributed by atoms with Crippen molar-refractivity contribution >= 4 is 0 Å². The van der Waals surface area contributed by atoms with E-state index < -0.39 is 0 Å². The molecule has 0 saturated heterocycles. The van der Waals surface area contributed by atoms with E-state index in [9.17, 15) is 0 Å². The van der Waals surface area contributed by atoms with Crippen molar-refractivity contribution in [1.29, 1.82) is 0 Å². The Balaban J connectivity index is 2.58. The first-order valence-corrected chi connectivity index (χ1v) is 3.43. The van der Waals surface area contributed by atoms with Gasteiger partial charge >= 0.3 is 0 Å². The van der Waals surface area contributed by atoms with Crippen LogP contribution in [0.15, 0.2) is 23.8 Å². The summed E-state index contributed by atoms with van der Waals surface area (Å²) in [5.41, 5.74) is 6.93. The molecule has 1 aliphatic carbocycles. The first kappa shape index (κ1) is 6.56. The van der Waals surface area contributed by atoms with Gasteiger partial charge in [0.15, 0.2) is 0 Å². The Bertz CT molecular complexity index is 143. The summed E-state index contributed by atoms with van der Waals surface area (Å²) in [6.07, 6.45) is 8.85. The first-order chi connectivity index (χ1) is 4.30. The van der Waals surface area contributed by atoms with Crippen molar-refractivity contribution in [3.05, 3.63) is 23.8 Å². The lowest BCUT2D eigenvalue weighted by Crippen LogP contribution is -2.17. The predicted molar refractivity (Wildman–Crippen MR) is 40.1 cm³/mol. The molecule has 0 unspecified atom stereocenters. The molecule has 0 aromatic heterocycles. The van der Waals surface area contributed by atoms with Gasteiger partial charge < -0.3 is 5.73 Å². The number of hydrogen-bond donors (Lipinski definition) is 1. The van der Waals surface area contributed by atoms with Crippen molar-refractivity contribution in [2.45, 2.75) is 25.8 Å². The molecule has 0 aromatic carbocycles. The second-order valence-corrected chi connectivity index (χ2v) is 2.47. The Labute approximate surface area is 56.2 Å². The van der Waals surface area contributed by atoms with E-state index in [-0.39, 0.29) is 6.04 Å². The van der Waals surface area contributed by atoms with Gasteiger partial charge in [-0.05, 0) is 25.3 Å². The van der Waals surface area contributed by atoms with E-state index in [4.69, 9.17) is 5.73 Å². The molecule has 50 valence electrons. The number of nitrogens with two attached hydrogens (primary N) is 1. The second kappa shape index (κ2) is 2.83. The molecule has 1 heteroatoms. The lowest BCUT2D eigenvalue weighted by Gasteiger charge is -2.09. The van der Waals surface area contributed by atoms with Gasteiger partial charge in [-0.1, -0.05) is 18.2 Å². The normalized spacial score (nSPS) is 21.3. The van der Waals surface area contributed by atoms with Crippen molar-refractivity contribution in [3.8, 4) is 0 Å². The van der Waals surface area contributed by atoms with Crippen LogP contribution >= 0.6 is 0 Å². The Morgan fingerprint density at radius 1 is 1.56 bits per heavy atom. The van der Waals surface area contributed by atoms with Crippen LogP contribution in [0.3, 0.4) is 0 Å². The number of allylic oxidation sites excluding steroid dienone is 2. The summed E-state index contributed by atoms with van der Waals surface area (Å²) in [7, 11) is 0. The van der Waals surface area contributed by atoms with E-state index in [2.05, 4.69) is 18.2 Å². The van der Waals surface area contributed by atoms with E-state index >= 15 is 0 Å². The molecule has 9 heavy (non-hydrogen) atoms. The van der Waals surface area contributed by atoms with Crippen LogP contribution in [0.2, 0.25) is 0 Å². The fourth-order valence-corrected chi connectivity index (χ4v) is 0.971. The minimum atomic E-state index is 0.210. The molecule has 0 amide bonds. The van der Waals surface area contributed by atoms with E-state index in [1.165, 1.54) is 12.0 Å². The monoisotopic (exact) mass is 123 g/mol. The summed E-state index contributed by atoms with van der Waals surface area (Å²) >= 11 is 0. The van der Waals surface area contributed by atoms with Gasteiger partial charge in [0.1, 0.15) is 0 Å². The summed E-state index contributed by atoms with van der Waals surface area (Å²) in [4.78, 5) is 0. The van der Waals surface area contributed by atoms with Crippen molar-refractivity contribution < 1.29 is 0 Å². The first-order valence-electron chi connectivity index (χ1n) is 3.43. The van der Waals surface area contributed by atoms with Gasteiger partial charge in [0.25, 0.3) is 0 Å². The van der Waals surface area contributed by atoms with Crippen LogP contribution in [0.25, 0.3) is 0 Å². The molecule has 0 heterocycles. The Morgan fingerprint density at radius 3 is 2.67 bits per heavy atom. The van der Waals surface area contributed by atoms with Gasteiger partial charge in [-0.15, -0.1) is 0 Å². The molecule has 0 bridgehead atoms. The summed E-state index contributed by atoms with van der Waals surface area (Å²) in [6, 6.07) is 0.210. The molecule has 0 saturated carbocycles. The molecule has 0 aromatic rings. The van der Waals surface area contributed by atoms with E-state index in [0.29, 0.717) is 0 Å². The predicted octanol–water partition coefficient (Wildman–Crippen LogP) is 1.61. The zero-order valence-electron chi connectivity index (χ0n) is 5.80. The summed E-state index contributed by atoms with van der Waals surface area (Å²) < 4.78 is 0. The van der Waals surface area contributed by atoms with Gasteiger partial charge in [0, 0.05) is 6.04 Å². The Morgan fingerprint density at radius 2 is 2.33 bits per heavy atom. The van der Waals surface area contributed by atoms with Gasteiger partial charge in [-0.3, -0.25) is 0 Å². The fraction of sp³-hybridized carbons (Fsp3) is 0.500. The van der Waals surface area contributed by atoms with Gasteiger partial charge in [0.05, 0.1) is 0 Å². The average molecular weight is 123 g/mol. The number of hydrogen-bond acceptors (Lipinski definition) is 1. The van der Waals surface area contributed by atoms with E-state index in [0.717, 1.165) is 6.42 Å². The zero-order chi connectivity index (χ0) is 6.69. The summed E-state index contributed by atoms with van der Waals surface area (Å²) in [6.45, 7) is 2.02. The van der Waals surface area contributed by atoms with Crippen LogP contribution in [0, 0.1) is 0 Å². The molecule has 1 nitrogen and oxygen atoms in total. The average Bonchev–Trinajstić information content (AvgIpc) is 1.90. The van der Waals surface area contributed by atoms with Crippen molar-refractivity contribution in [1.82, 2.24) is 0 Å². The van der Waals surface area contributed by atoms with Crippen LogP contribution in [0.4, 0.5) is 0 Å². The van der Waals surface area contributed by atoms with Gasteiger partial charge in [-0.25, -0.2) is 0 Å². The van der Waals surface area contributed by atoms with Crippen molar-refractivity contribution in [2.75, 3.05) is 0 Å². The third-order valence-electron chi connectivity index (χ3n) is 1.55. The molecule has 0 radical (unpaired) electrons. The smallest absolute Gasteiger partial charge is 0.0262 e. The third-order valence-corrected chi connectivity index (χ3v) is 1.55. The second-order valence-electron chi connectivity index (χ2n) is 2.47. The van der Waals surface area contributed by atoms with Crippen molar-refractivity contribution in [3.63, 3.8) is 0 Å².